The molecule has 0 bridgehead atoms. The van der Waals surface area contributed by atoms with Gasteiger partial charge in [-0.05, 0) is 19.8 Å². The first kappa shape index (κ1) is 14.8. The fourth-order valence-electron chi connectivity index (χ4n) is 1.45. The number of carbonyl (C=O) groups excluding carboxylic acids is 1. The molecule has 104 valence electrons. The minimum atomic E-state index is 0.179. The molecule has 1 amide bonds. The molecule has 0 unspecified atom stereocenters. The molecule has 0 aromatic rings. The highest BCUT2D eigenvalue weighted by atomic mass is 16.5. The van der Waals surface area contributed by atoms with E-state index in [0.29, 0.717) is 26.2 Å². The molecule has 0 aliphatic heterocycles. The normalized spacial score (nSPS) is 15.3. The molecule has 6 nitrogen and oxygen atoms in total. The Morgan fingerprint density at radius 1 is 1.28 bits per heavy atom. The van der Waals surface area contributed by atoms with Crippen molar-refractivity contribution in [2.75, 3.05) is 39.9 Å². The summed E-state index contributed by atoms with van der Waals surface area (Å²) in [6, 6.07) is 0. The maximum absolute atomic E-state index is 11.4. The third kappa shape index (κ3) is 6.44. The van der Waals surface area contributed by atoms with Crippen molar-refractivity contribution in [1.82, 2.24) is 16.0 Å². The number of rotatable bonds is 8. The Bertz CT molecular complexity index is 277. The predicted molar refractivity (Wildman–Crippen MR) is 71.6 cm³/mol. The molecule has 0 spiro atoms. The van der Waals surface area contributed by atoms with E-state index < -0.39 is 0 Å². The Morgan fingerprint density at radius 3 is 2.61 bits per heavy atom. The Morgan fingerprint density at radius 2 is 2.00 bits per heavy atom. The lowest BCUT2D eigenvalue weighted by Gasteiger charge is -2.11. The lowest BCUT2D eigenvalue weighted by molar-refractivity contribution is -0.122. The van der Waals surface area contributed by atoms with E-state index in [-0.39, 0.29) is 11.8 Å². The summed E-state index contributed by atoms with van der Waals surface area (Å²) >= 11 is 0. The average molecular weight is 256 g/mol. The third-order valence-corrected chi connectivity index (χ3v) is 2.57. The number of hydrogen-bond acceptors (Lipinski definition) is 3. The van der Waals surface area contributed by atoms with Gasteiger partial charge in [0, 0.05) is 32.7 Å². The molecule has 0 radical (unpaired) electrons. The second-order valence-electron chi connectivity index (χ2n) is 4.25. The van der Waals surface area contributed by atoms with Crippen molar-refractivity contribution in [3.05, 3.63) is 0 Å². The second-order valence-corrected chi connectivity index (χ2v) is 4.25. The van der Waals surface area contributed by atoms with E-state index in [0.717, 1.165) is 25.3 Å². The van der Waals surface area contributed by atoms with Crippen LogP contribution in [0.15, 0.2) is 4.99 Å². The SMILES string of the molecule is CCNC(=NCCOC)NCCNC(=O)C1CC1. The number of hydrogen-bond donors (Lipinski definition) is 3. The van der Waals surface area contributed by atoms with Crippen LogP contribution in [0, 0.1) is 5.92 Å². The van der Waals surface area contributed by atoms with Crippen LogP contribution >= 0.6 is 0 Å². The van der Waals surface area contributed by atoms with Gasteiger partial charge in [-0.25, -0.2) is 0 Å². The van der Waals surface area contributed by atoms with Gasteiger partial charge in [0.1, 0.15) is 0 Å². The first-order chi connectivity index (χ1) is 8.77. The van der Waals surface area contributed by atoms with Crippen LogP contribution < -0.4 is 16.0 Å². The molecule has 1 aliphatic carbocycles. The molecule has 0 aromatic heterocycles. The molecule has 0 heterocycles. The monoisotopic (exact) mass is 256 g/mol. The zero-order chi connectivity index (χ0) is 13.2. The van der Waals surface area contributed by atoms with Crippen molar-refractivity contribution in [2.45, 2.75) is 19.8 Å². The Hall–Kier alpha value is -1.30. The molecule has 0 aromatic carbocycles. The molecule has 1 fully saturated rings. The van der Waals surface area contributed by atoms with Gasteiger partial charge in [-0.3, -0.25) is 9.79 Å². The van der Waals surface area contributed by atoms with Crippen LogP contribution in [0.3, 0.4) is 0 Å². The van der Waals surface area contributed by atoms with Gasteiger partial charge in [-0.15, -0.1) is 0 Å². The number of aliphatic imine (C=N–C) groups is 1. The minimum Gasteiger partial charge on any atom is -0.383 e. The third-order valence-electron chi connectivity index (χ3n) is 2.57. The van der Waals surface area contributed by atoms with Crippen molar-refractivity contribution in [1.29, 1.82) is 0 Å². The first-order valence-electron chi connectivity index (χ1n) is 6.56. The summed E-state index contributed by atoms with van der Waals surface area (Å²) in [6.07, 6.45) is 2.08. The number of guanidine groups is 1. The van der Waals surface area contributed by atoms with E-state index in [2.05, 4.69) is 20.9 Å². The fraction of sp³-hybridized carbons (Fsp3) is 0.833. The highest BCUT2D eigenvalue weighted by molar-refractivity contribution is 5.81. The van der Waals surface area contributed by atoms with Crippen molar-refractivity contribution < 1.29 is 9.53 Å². The van der Waals surface area contributed by atoms with Crippen molar-refractivity contribution >= 4 is 11.9 Å². The molecule has 3 N–H and O–H groups in total. The van der Waals surface area contributed by atoms with E-state index in [9.17, 15) is 4.79 Å². The summed E-state index contributed by atoms with van der Waals surface area (Å²) < 4.78 is 4.94. The van der Waals surface area contributed by atoms with Crippen LogP contribution in [0.2, 0.25) is 0 Å². The van der Waals surface area contributed by atoms with Crippen molar-refractivity contribution in [2.24, 2.45) is 10.9 Å². The van der Waals surface area contributed by atoms with Crippen molar-refractivity contribution in [3.63, 3.8) is 0 Å². The molecule has 1 rings (SSSR count). The average Bonchev–Trinajstić information content (AvgIpc) is 3.18. The maximum Gasteiger partial charge on any atom is 0.223 e. The smallest absolute Gasteiger partial charge is 0.223 e. The lowest BCUT2D eigenvalue weighted by Crippen LogP contribution is -2.42. The van der Waals surface area contributed by atoms with Gasteiger partial charge in [0.15, 0.2) is 5.96 Å². The minimum absolute atomic E-state index is 0.179. The fourth-order valence-corrected chi connectivity index (χ4v) is 1.45. The summed E-state index contributed by atoms with van der Waals surface area (Å²) in [7, 11) is 1.66. The van der Waals surface area contributed by atoms with Crippen molar-refractivity contribution in [3.8, 4) is 0 Å². The van der Waals surface area contributed by atoms with E-state index in [1.54, 1.807) is 7.11 Å². The van der Waals surface area contributed by atoms with Gasteiger partial charge in [0.25, 0.3) is 0 Å². The highest BCUT2D eigenvalue weighted by Gasteiger charge is 2.28. The summed E-state index contributed by atoms with van der Waals surface area (Å²) in [4.78, 5) is 15.7. The van der Waals surface area contributed by atoms with Crippen LogP contribution in [0.4, 0.5) is 0 Å². The van der Waals surface area contributed by atoms with E-state index in [4.69, 9.17) is 4.74 Å². The lowest BCUT2D eigenvalue weighted by atomic mass is 10.4. The first-order valence-corrected chi connectivity index (χ1v) is 6.56. The Balaban J connectivity index is 2.11. The molecule has 0 saturated heterocycles. The van der Waals surface area contributed by atoms with Crippen LogP contribution in [0.1, 0.15) is 19.8 Å². The van der Waals surface area contributed by atoms with Gasteiger partial charge in [0.05, 0.1) is 13.2 Å². The van der Waals surface area contributed by atoms with Gasteiger partial charge >= 0.3 is 0 Å². The van der Waals surface area contributed by atoms with E-state index >= 15 is 0 Å². The summed E-state index contributed by atoms with van der Waals surface area (Å²) in [5, 5.41) is 9.20. The molecule has 0 atom stereocenters. The molecule has 1 saturated carbocycles. The zero-order valence-corrected chi connectivity index (χ0v) is 11.3. The van der Waals surface area contributed by atoms with Gasteiger partial charge in [-0.2, -0.15) is 0 Å². The number of nitrogens with zero attached hydrogens (tertiary/aromatic N) is 1. The Labute approximate surface area is 109 Å². The highest BCUT2D eigenvalue weighted by Crippen LogP contribution is 2.28. The zero-order valence-electron chi connectivity index (χ0n) is 11.3. The van der Waals surface area contributed by atoms with Gasteiger partial charge < -0.3 is 20.7 Å². The van der Waals surface area contributed by atoms with Crippen LogP contribution in [0.25, 0.3) is 0 Å². The van der Waals surface area contributed by atoms with Gasteiger partial charge in [-0.1, -0.05) is 0 Å². The van der Waals surface area contributed by atoms with Crippen LogP contribution in [0.5, 0.6) is 0 Å². The number of amides is 1. The number of carbonyl (C=O) groups is 1. The molecular weight excluding hydrogens is 232 g/mol. The van der Waals surface area contributed by atoms with Crippen LogP contribution in [-0.2, 0) is 9.53 Å². The predicted octanol–water partition coefficient (Wildman–Crippen LogP) is -0.286. The molecule has 18 heavy (non-hydrogen) atoms. The number of nitrogens with one attached hydrogen (secondary N) is 3. The summed E-state index contributed by atoms with van der Waals surface area (Å²) in [5.74, 6) is 1.21. The van der Waals surface area contributed by atoms with E-state index in [1.807, 2.05) is 6.92 Å². The molecule has 6 heteroatoms. The Kier molecular flexibility index (Phi) is 7.17. The number of methoxy groups -OCH3 is 1. The standard InChI is InChI=1S/C12H24N4O2/c1-3-13-12(16-8-9-18-2)15-7-6-14-11(17)10-4-5-10/h10H,3-9H2,1-2H3,(H,14,17)(H2,13,15,16). The largest absolute Gasteiger partial charge is 0.383 e. The summed E-state index contributed by atoms with van der Waals surface area (Å²) in [5.41, 5.74) is 0. The summed E-state index contributed by atoms with van der Waals surface area (Å²) in [6.45, 7) is 5.37. The number of ether oxygens (including phenoxy) is 1. The molecule has 1 aliphatic rings. The maximum atomic E-state index is 11.4. The van der Waals surface area contributed by atoms with Gasteiger partial charge in [0.2, 0.25) is 5.91 Å². The molecular formula is C12H24N4O2. The second kappa shape index (κ2) is 8.74. The van der Waals surface area contributed by atoms with E-state index in [1.165, 1.54) is 0 Å². The van der Waals surface area contributed by atoms with Crippen LogP contribution in [-0.4, -0.2) is 51.8 Å². The quantitative estimate of drug-likeness (QED) is 0.317. The topological polar surface area (TPSA) is 74.8 Å².